The van der Waals surface area contributed by atoms with Crippen molar-refractivity contribution in [2.75, 3.05) is 24.6 Å². The predicted octanol–water partition coefficient (Wildman–Crippen LogP) is 1.63. The van der Waals surface area contributed by atoms with Crippen LogP contribution in [0.2, 0.25) is 0 Å². The number of sulfone groups is 1. The molecule has 7 heteroatoms. The Hall–Kier alpha value is -2.15. The number of hydrogen-bond acceptors (Lipinski definition) is 4. The van der Waals surface area contributed by atoms with Gasteiger partial charge in [0.2, 0.25) is 11.8 Å². The lowest BCUT2D eigenvalue weighted by atomic mass is 9.93. The van der Waals surface area contributed by atoms with Crippen LogP contribution in [0, 0.1) is 5.92 Å². The predicted molar refractivity (Wildman–Crippen MR) is 105 cm³/mol. The summed E-state index contributed by atoms with van der Waals surface area (Å²) in [7, 11) is -3.05. The second kappa shape index (κ2) is 7.84. The highest BCUT2D eigenvalue weighted by atomic mass is 32.2. The third-order valence-electron chi connectivity index (χ3n) is 5.32. The number of piperidine rings is 1. The van der Waals surface area contributed by atoms with E-state index in [0.717, 1.165) is 5.56 Å². The Morgan fingerprint density at radius 1 is 1.19 bits per heavy atom. The molecule has 0 saturated carbocycles. The van der Waals surface area contributed by atoms with Gasteiger partial charge in [-0.3, -0.25) is 9.59 Å². The molecule has 2 aliphatic rings. The van der Waals surface area contributed by atoms with Crippen LogP contribution in [0.5, 0.6) is 0 Å². The average Bonchev–Trinajstić information content (AvgIpc) is 2.93. The molecule has 6 nitrogen and oxygen atoms in total. The molecule has 0 radical (unpaired) electrons. The summed E-state index contributed by atoms with van der Waals surface area (Å²) < 4.78 is 23.4. The highest BCUT2D eigenvalue weighted by Crippen LogP contribution is 2.25. The van der Waals surface area contributed by atoms with E-state index in [0.29, 0.717) is 32.4 Å². The lowest BCUT2D eigenvalue weighted by Gasteiger charge is -2.33. The largest absolute Gasteiger partial charge is 0.350 e. The molecule has 0 aromatic heterocycles. The number of nitrogens with one attached hydrogen (secondary N) is 1. The van der Waals surface area contributed by atoms with E-state index in [9.17, 15) is 18.0 Å². The Balaban J connectivity index is 1.49. The van der Waals surface area contributed by atoms with Gasteiger partial charge in [-0.2, -0.15) is 0 Å². The second-order valence-electron chi connectivity index (χ2n) is 7.74. The number of benzene rings is 1. The number of carbonyl (C=O) groups is 2. The molecule has 2 amide bonds. The van der Waals surface area contributed by atoms with Crippen molar-refractivity contribution < 1.29 is 18.0 Å². The second-order valence-corrected chi connectivity index (χ2v) is 9.92. The molecule has 2 heterocycles. The van der Waals surface area contributed by atoms with Crippen molar-refractivity contribution in [3.05, 3.63) is 42.0 Å². The molecule has 1 atom stereocenters. The van der Waals surface area contributed by atoms with E-state index in [1.54, 1.807) is 24.0 Å². The van der Waals surface area contributed by atoms with Gasteiger partial charge in [0, 0.05) is 25.1 Å². The van der Waals surface area contributed by atoms with Gasteiger partial charge in [-0.15, -0.1) is 0 Å². The van der Waals surface area contributed by atoms with Crippen LogP contribution in [0.25, 0.3) is 6.08 Å². The lowest BCUT2D eigenvalue weighted by molar-refractivity contribution is -0.132. The van der Waals surface area contributed by atoms with E-state index in [1.165, 1.54) is 0 Å². The smallest absolute Gasteiger partial charge is 0.246 e. The van der Waals surface area contributed by atoms with E-state index in [4.69, 9.17) is 0 Å². The van der Waals surface area contributed by atoms with Gasteiger partial charge in [-0.25, -0.2) is 8.42 Å². The molecular formula is C20H26N2O4S. The highest BCUT2D eigenvalue weighted by molar-refractivity contribution is 7.91. The van der Waals surface area contributed by atoms with Gasteiger partial charge >= 0.3 is 0 Å². The van der Waals surface area contributed by atoms with Crippen molar-refractivity contribution in [1.29, 1.82) is 0 Å². The fraction of sp³-hybridized carbons (Fsp3) is 0.500. The Morgan fingerprint density at radius 2 is 1.85 bits per heavy atom. The van der Waals surface area contributed by atoms with E-state index in [2.05, 4.69) is 5.32 Å². The van der Waals surface area contributed by atoms with E-state index < -0.39 is 15.4 Å². The van der Waals surface area contributed by atoms with Crippen molar-refractivity contribution in [2.45, 2.75) is 31.7 Å². The normalized spacial score (nSPS) is 25.6. The van der Waals surface area contributed by atoms with Gasteiger partial charge in [0.1, 0.15) is 0 Å². The average molecular weight is 391 g/mol. The Morgan fingerprint density at radius 3 is 2.44 bits per heavy atom. The van der Waals surface area contributed by atoms with Crippen molar-refractivity contribution in [2.24, 2.45) is 5.92 Å². The summed E-state index contributed by atoms with van der Waals surface area (Å²) in [6.45, 7) is 2.86. The lowest BCUT2D eigenvalue weighted by Crippen LogP contribution is -2.51. The molecule has 2 fully saturated rings. The zero-order chi connectivity index (χ0) is 19.5. The van der Waals surface area contributed by atoms with E-state index >= 15 is 0 Å². The number of rotatable bonds is 4. The summed E-state index contributed by atoms with van der Waals surface area (Å²) in [4.78, 5) is 26.6. The molecule has 1 aromatic carbocycles. The van der Waals surface area contributed by atoms with Gasteiger partial charge in [-0.1, -0.05) is 30.3 Å². The maximum Gasteiger partial charge on any atom is 0.246 e. The van der Waals surface area contributed by atoms with Crippen molar-refractivity contribution in [1.82, 2.24) is 10.2 Å². The van der Waals surface area contributed by atoms with Crippen molar-refractivity contribution in [3.63, 3.8) is 0 Å². The molecule has 0 aliphatic carbocycles. The van der Waals surface area contributed by atoms with Crippen molar-refractivity contribution in [3.8, 4) is 0 Å². The standard InChI is InChI=1S/C20H26N2O4S/c1-20(11-14-27(25,26)15-20)21-19(24)17-9-12-22(13-10-17)18(23)8-7-16-5-3-2-4-6-16/h2-8,17H,9-15H2,1H3,(H,21,24)/b8-7+. The molecular weight excluding hydrogens is 364 g/mol. The zero-order valence-electron chi connectivity index (χ0n) is 15.6. The Kier molecular flexibility index (Phi) is 5.69. The summed E-state index contributed by atoms with van der Waals surface area (Å²) in [6, 6.07) is 9.64. The zero-order valence-corrected chi connectivity index (χ0v) is 16.4. The number of amides is 2. The molecule has 1 unspecified atom stereocenters. The number of likely N-dealkylation sites (tertiary alicyclic amines) is 1. The molecule has 27 heavy (non-hydrogen) atoms. The van der Waals surface area contributed by atoms with Crippen LogP contribution >= 0.6 is 0 Å². The fourth-order valence-corrected chi connectivity index (χ4v) is 5.80. The first-order valence-electron chi connectivity index (χ1n) is 9.31. The minimum Gasteiger partial charge on any atom is -0.350 e. The summed E-state index contributed by atoms with van der Waals surface area (Å²) in [6.07, 6.45) is 5.02. The summed E-state index contributed by atoms with van der Waals surface area (Å²) >= 11 is 0. The molecule has 3 rings (SSSR count). The Labute approximate surface area is 160 Å². The maximum atomic E-state index is 12.5. The highest BCUT2D eigenvalue weighted by Gasteiger charge is 2.40. The van der Waals surface area contributed by atoms with Crippen LogP contribution in [0.4, 0.5) is 0 Å². The number of carbonyl (C=O) groups excluding carboxylic acids is 2. The monoisotopic (exact) mass is 390 g/mol. The number of hydrogen-bond donors (Lipinski definition) is 1. The molecule has 2 aliphatic heterocycles. The summed E-state index contributed by atoms with van der Waals surface area (Å²) in [5.74, 6) is -0.182. The fourth-order valence-electron chi connectivity index (χ4n) is 3.71. The SMILES string of the molecule is CC1(NC(=O)C2CCN(C(=O)/C=C/c3ccccc3)CC2)CCS(=O)(=O)C1. The first-order valence-corrected chi connectivity index (χ1v) is 11.1. The van der Waals surface area contributed by atoms with E-state index in [1.807, 2.05) is 30.3 Å². The van der Waals surface area contributed by atoms with Gasteiger partial charge in [0.15, 0.2) is 9.84 Å². The first-order chi connectivity index (χ1) is 12.8. The Bertz CT molecular complexity index is 827. The molecule has 146 valence electrons. The van der Waals surface area contributed by atoms with Gasteiger partial charge in [0.25, 0.3) is 0 Å². The number of nitrogens with zero attached hydrogens (tertiary/aromatic N) is 1. The topological polar surface area (TPSA) is 83.6 Å². The van der Waals surface area contributed by atoms with Crippen LogP contribution in [0.15, 0.2) is 36.4 Å². The quantitative estimate of drug-likeness (QED) is 0.792. The van der Waals surface area contributed by atoms with Crippen LogP contribution in [-0.2, 0) is 19.4 Å². The van der Waals surface area contributed by atoms with Crippen LogP contribution in [-0.4, -0.2) is 55.3 Å². The van der Waals surface area contributed by atoms with Gasteiger partial charge < -0.3 is 10.2 Å². The minimum absolute atomic E-state index is 0.00729. The molecule has 0 spiro atoms. The van der Waals surface area contributed by atoms with E-state index in [-0.39, 0.29) is 29.2 Å². The van der Waals surface area contributed by atoms with Crippen LogP contribution < -0.4 is 5.32 Å². The van der Waals surface area contributed by atoms with Crippen LogP contribution in [0.3, 0.4) is 0 Å². The third kappa shape index (κ3) is 5.19. The molecule has 1 N–H and O–H groups in total. The van der Waals surface area contributed by atoms with Gasteiger partial charge in [0.05, 0.1) is 17.0 Å². The third-order valence-corrected chi connectivity index (χ3v) is 7.23. The molecule has 1 aromatic rings. The summed E-state index contributed by atoms with van der Waals surface area (Å²) in [5.41, 5.74) is 0.307. The molecule has 0 bridgehead atoms. The summed E-state index contributed by atoms with van der Waals surface area (Å²) in [5, 5.41) is 2.94. The van der Waals surface area contributed by atoms with Crippen LogP contribution in [0.1, 0.15) is 31.7 Å². The first kappa shape index (κ1) is 19.6. The maximum absolute atomic E-state index is 12.5. The molecule has 2 saturated heterocycles. The minimum atomic E-state index is -3.05. The van der Waals surface area contributed by atoms with Crippen molar-refractivity contribution >= 4 is 27.7 Å². The van der Waals surface area contributed by atoms with Gasteiger partial charge in [-0.05, 0) is 37.8 Å².